The van der Waals surface area contributed by atoms with E-state index in [1.165, 1.54) is 0 Å². The van der Waals surface area contributed by atoms with Gasteiger partial charge in [-0.3, -0.25) is 4.79 Å². The van der Waals surface area contributed by atoms with Gasteiger partial charge in [0, 0.05) is 13.6 Å². The fraction of sp³-hybridized carbons (Fsp3) is 0.500. The Morgan fingerprint density at radius 3 is 2.33 bits per heavy atom. The van der Waals surface area contributed by atoms with Crippen molar-refractivity contribution >= 4 is 5.91 Å². The molecule has 0 aliphatic carbocycles. The SMILES string of the molecule is COc1ccc(CC(=O)N(C)CC(C)(C)O)cc1. The number of aliphatic hydroxyl groups is 1. The van der Waals surface area contributed by atoms with Gasteiger partial charge < -0.3 is 14.7 Å². The fourth-order valence-corrected chi connectivity index (χ4v) is 1.72. The average molecular weight is 251 g/mol. The number of hydrogen-bond donors (Lipinski definition) is 1. The van der Waals surface area contributed by atoms with Gasteiger partial charge in [-0.1, -0.05) is 12.1 Å². The molecule has 0 aromatic heterocycles. The second-order valence-corrected chi connectivity index (χ2v) is 5.09. The Morgan fingerprint density at radius 1 is 1.33 bits per heavy atom. The lowest BCUT2D eigenvalue weighted by atomic mass is 10.1. The Morgan fingerprint density at radius 2 is 1.89 bits per heavy atom. The van der Waals surface area contributed by atoms with Crippen LogP contribution in [0.2, 0.25) is 0 Å². The van der Waals surface area contributed by atoms with Crippen LogP contribution < -0.4 is 4.74 Å². The van der Waals surface area contributed by atoms with Crippen molar-refractivity contribution < 1.29 is 14.6 Å². The Kier molecular flexibility index (Phi) is 4.73. The molecule has 0 fully saturated rings. The zero-order valence-corrected chi connectivity index (χ0v) is 11.4. The van der Waals surface area contributed by atoms with Gasteiger partial charge in [0.2, 0.25) is 5.91 Å². The Labute approximate surface area is 108 Å². The summed E-state index contributed by atoms with van der Waals surface area (Å²) in [5, 5.41) is 9.66. The van der Waals surface area contributed by atoms with Crippen molar-refractivity contribution in [2.75, 3.05) is 20.7 Å². The number of nitrogens with zero attached hydrogens (tertiary/aromatic N) is 1. The van der Waals surface area contributed by atoms with Crippen LogP contribution in [-0.4, -0.2) is 42.2 Å². The van der Waals surface area contributed by atoms with Crippen LogP contribution in [0.1, 0.15) is 19.4 Å². The number of likely N-dealkylation sites (N-methyl/N-ethyl adjacent to an activating group) is 1. The second kappa shape index (κ2) is 5.87. The van der Waals surface area contributed by atoms with E-state index in [2.05, 4.69) is 0 Å². The summed E-state index contributed by atoms with van der Waals surface area (Å²) in [6, 6.07) is 7.40. The molecule has 0 aliphatic rings. The molecule has 0 saturated heterocycles. The summed E-state index contributed by atoms with van der Waals surface area (Å²) < 4.78 is 5.06. The van der Waals surface area contributed by atoms with E-state index in [0.717, 1.165) is 11.3 Å². The molecular weight excluding hydrogens is 230 g/mol. The number of carbonyl (C=O) groups excluding carboxylic acids is 1. The van der Waals surface area contributed by atoms with Crippen molar-refractivity contribution in [2.45, 2.75) is 25.9 Å². The molecule has 1 N–H and O–H groups in total. The van der Waals surface area contributed by atoms with E-state index in [4.69, 9.17) is 4.74 Å². The zero-order valence-electron chi connectivity index (χ0n) is 11.4. The average Bonchev–Trinajstić information content (AvgIpc) is 2.27. The zero-order chi connectivity index (χ0) is 13.8. The first-order valence-corrected chi connectivity index (χ1v) is 5.91. The molecule has 100 valence electrons. The molecule has 0 saturated carbocycles. The number of amides is 1. The van der Waals surface area contributed by atoms with Crippen LogP contribution in [0.5, 0.6) is 5.75 Å². The summed E-state index contributed by atoms with van der Waals surface area (Å²) in [5.41, 5.74) is 0.0630. The van der Waals surface area contributed by atoms with E-state index >= 15 is 0 Å². The minimum atomic E-state index is -0.871. The minimum Gasteiger partial charge on any atom is -0.497 e. The molecule has 4 heteroatoms. The van der Waals surface area contributed by atoms with Crippen LogP contribution in [0.4, 0.5) is 0 Å². The van der Waals surface area contributed by atoms with Crippen molar-refractivity contribution in [3.63, 3.8) is 0 Å². The fourth-order valence-electron chi connectivity index (χ4n) is 1.72. The summed E-state index contributed by atoms with van der Waals surface area (Å²) in [4.78, 5) is 13.5. The molecule has 0 heterocycles. The van der Waals surface area contributed by atoms with E-state index in [1.807, 2.05) is 24.3 Å². The Balaban J connectivity index is 2.58. The molecule has 1 amide bonds. The number of rotatable bonds is 5. The van der Waals surface area contributed by atoms with Crippen molar-refractivity contribution in [2.24, 2.45) is 0 Å². The molecule has 1 rings (SSSR count). The van der Waals surface area contributed by atoms with Crippen LogP contribution in [0.3, 0.4) is 0 Å². The first-order valence-electron chi connectivity index (χ1n) is 5.91. The van der Waals surface area contributed by atoms with Gasteiger partial charge in [-0.15, -0.1) is 0 Å². The lowest BCUT2D eigenvalue weighted by molar-refractivity contribution is -0.131. The third-order valence-corrected chi connectivity index (χ3v) is 2.56. The Hall–Kier alpha value is -1.55. The van der Waals surface area contributed by atoms with Crippen molar-refractivity contribution in [1.29, 1.82) is 0 Å². The number of benzene rings is 1. The molecule has 0 spiro atoms. The third-order valence-electron chi connectivity index (χ3n) is 2.56. The van der Waals surface area contributed by atoms with Gasteiger partial charge in [0.1, 0.15) is 5.75 Å². The predicted molar refractivity (Wildman–Crippen MR) is 70.6 cm³/mol. The predicted octanol–water partition coefficient (Wildman–Crippen LogP) is 1.47. The highest BCUT2D eigenvalue weighted by molar-refractivity contribution is 5.78. The maximum atomic E-state index is 11.9. The number of methoxy groups -OCH3 is 1. The van der Waals surface area contributed by atoms with Gasteiger partial charge in [0.05, 0.1) is 19.1 Å². The minimum absolute atomic E-state index is 0.0118. The van der Waals surface area contributed by atoms with E-state index in [1.54, 1.807) is 32.9 Å². The highest BCUT2D eigenvalue weighted by atomic mass is 16.5. The van der Waals surface area contributed by atoms with E-state index < -0.39 is 5.60 Å². The van der Waals surface area contributed by atoms with E-state index in [-0.39, 0.29) is 5.91 Å². The normalized spacial score (nSPS) is 11.2. The highest BCUT2D eigenvalue weighted by Crippen LogP contribution is 2.12. The van der Waals surface area contributed by atoms with E-state index in [9.17, 15) is 9.90 Å². The first-order chi connectivity index (χ1) is 8.31. The van der Waals surface area contributed by atoms with Gasteiger partial charge in [-0.25, -0.2) is 0 Å². The quantitative estimate of drug-likeness (QED) is 0.862. The number of carbonyl (C=O) groups is 1. The van der Waals surface area contributed by atoms with Crippen molar-refractivity contribution in [1.82, 2.24) is 4.90 Å². The molecule has 0 atom stereocenters. The van der Waals surface area contributed by atoms with Crippen LogP contribution in [0.15, 0.2) is 24.3 Å². The lowest BCUT2D eigenvalue weighted by Gasteiger charge is -2.25. The summed E-state index contributed by atoms with van der Waals surface area (Å²) in [6.45, 7) is 3.69. The van der Waals surface area contributed by atoms with Crippen LogP contribution in [0, 0.1) is 0 Å². The largest absolute Gasteiger partial charge is 0.497 e. The molecular formula is C14H21NO3. The van der Waals surface area contributed by atoms with Gasteiger partial charge in [0.15, 0.2) is 0 Å². The maximum absolute atomic E-state index is 11.9. The van der Waals surface area contributed by atoms with Crippen LogP contribution >= 0.6 is 0 Å². The summed E-state index contributed by atoms with van der Waals surface area (Å²) >= 11 is 0. The van der Waals surface area contributed by atoms with Crippen LogP contribution in [0.25, 0.3) is 0 Å². The second-order valence-electron chi connectivity index (χ2n) is 5.09. The number of hydrogen-bond acceptors (Lipinski definition) is 3. The molecule has 18 heavy (non-hydrogen) atoms. The number of ether oxygens (including phenoxy) is 1. The molecule has 0 aliphatic heterocycles. The summed E-state index contributed by atoms with van der Waals surface area (Å²) in [7, 11) is 3.31. The summed E-state index contributed by atoms with van der Waals surface area (Å²) in [5.74, 6) is 0.762. The van der Waals surface area contributed by atoms with Gasteiger partial charge in [-0.2, -0.15) is 0 Å². The lowest BCUT2D eigenvalue weighted by Crippen LogP contribution is -2.40. The highest BCUT2D eigenvalue weighted by Gasteiger charge is 2.19. The monoisotopic (exact) mass is 251 g/mol. The van der Waals surface area contributed by atoms with Crippen molar-refractivity contribution in [3.8, 4) is 5.75 Å². The molecule has 1 aromatic rings. The molecule has 0 unspecified atom stereocenters. The maximum Gasteiger partial charge on any atom is 0.226 e. The molecule has 0 radical (unpaired) electrons. The van der Waals surface area contributed by atoms with E-state index in [0.29, 0.717) is 13.0 Å². The smallest absolute Gasteiger partial charge is 0.226 e. The molecule has 1 aromatic carbocycles. The van der Waals surface area contributed by atoms with Crippen LogP contribution in [-0.2, 0) is 11.2 Å². The Bertz CT molecular complexity index is 392. The first kappa shape index (κ1) is 14.5. The van der Waals surface area contributed by atoms with Gasteiger partial charge >= 0.3 is 0 Å². The van der Waals surface area contributed by atoms with Gasteiger partial charge in [-0.05, 0) is 31.5 Å². The third kappa shape index (κ3) is 4.75. The topological polar surface area (TPSA) is 49.8 Å². The molecule has 0 bridgehead atoms. The summed E-state index contributed by atoms with van der Waals surface area (Å²) in [6.07, 6.45) is 0.330. The van der Waals surface area contributed by atoms with Crippen molar-refractivity contribution in [3.05, 3.63) is 29.8 Å². The molecule has 4 nitrogen and oxygen atoms in total. The standard InChI is InChI=1S/C14H21NO3/c1-14(2,17)10-15(3)13(16)9-11-5-7-12(18-4)8-6-11/h5-8,17H,9-10H2,1-4H3. The van der Waals surface area contributed by atoms with Gasteiger partial charge in [0.25, 0.3) is 0 Å².